The summed E-state index contributed by atoms with van der Waals surface area (Å²) in [5.41, 5.74) is 0. The highest BCUT2D eigenvalue weighted by atomic mass is 35.5. The van der Waals surface area contributed by atoms with E-state index in [1.807, 2.05) is 18.7 Å². The van der Waals surface area contributed by atoms with E-state index in [0.717, 1.165) is 37.8 Å². The molecule has 8 heteroatoms. The van der Waals surface area contributed by atoms with Crippen molar-refractivity contribution in [3.05, 3.63) is 29.0 Å². The van der Waals surface area contributed by atoms with Gasteiger partial charge in [0.2, 0.25) is 15.9 Å². The molecule has 28 heavy (non-hydrogen) atoms. The molecule has 1 saturated heterocycles. The van der Waals surface area contributed by atoms with Crippen molar-refractivity contribution in [3.8, 4) is 0 Å². The molecule has 0 aromatic heterocycles. The quantitative estimate of drug-likeness (QED) is 0.707. The molecule has 0 spiro atoms. The summed E-state index contributed by atoms with van der Waals surface area (Å²) in [5, 5.41) is -0.213. The number of sulfonamides is 1. The van der Waals surface area contributed by atoms with Crippen LogP contribution in [0.5, 0.6) is 0 Å². The zero-order chi connectivity index (χ0) is 20.5. The van der Waals surface area contributed by atoms with Crippen LogP contribution in [0.1, 0.15) is 52.4 Å². The van der Waals surface area contributed by atoms with Gasteiger partial charge >= 0.3 is 0 Å². The van der Waals surface area contributed by atoms with Gasteiger partial charge < -0.3 is 4.90 Å². The maximum atomic E-state index is 13.4. The summed E-state index contributed by atoms with van der Waals surface area (Å²) in [6.07, 6.45) is 5.45. The molecule has 5 nitrogen and oxygen atoms in total. The van der Waals surface area contributed by atoms with E-state index in [1.165, 1.54) is 10.4 Å². The van der Waals surface area contributed by atoms with Crippen LogP contribution < -0.4 is 0 Å². The van der Waals surface area contributed by atoms with Crippen LogP contribution in [0.2, 0.25) is 5.02 Å². The number of hydrogen-bond donors (Lipinski definition) is 0. The number of amides is 1. The average Bonchev–Trinajstić information content (AvgIpc) is 3.17. The first-order valence-corrected chi connectivity index (χ1v) is 11.8. The van der Waals surface area contributed by atoms with Gasteiger partial charge in [-0.2, -0.15) is 4.31 Å². The predicted molar refractivity (Wildman–Crippen MR) is 107 cm³/mol. The van der Waals surface area contributed by atoms with E-state index in [-0.39, 0.29) is 40.9 Å². The Kier molecular flexibility index (Phi) is 6.67. The Hall–Kier alpha value is -1.18. The normalized spacial score (nSPS) is 20.0. The van der Waals surface area contributed by atoms with E-state index < -0.39 is 15.8 Å². The molecule has 0 N–H and O–H groups in total. The van der Waals surface area contributed by atoms with Gasteiger partial charge in [0.25, 0.3) is 0 Å². The Morgan fingerprint density at radius 1 is 1.18 bits per heavy atom. The second-order valence-electron chi connectivity index (χ2n) is 8.03. The molecule has 1 aromatic carbocycles. The first kappa shape index (κ1) is 21.5. The Balaban J connectivity index is 1.67. The van der Waals surface area contributed by atoms with Gasteiger partial charge in [0, 0.05) is 31.1 Å². The van der Waals surface area contributed by atoms with Crippen LogP contribution >= 0.6 is 11.6 Å². The lowest BCUT2D eigenvalue weighted by atomic mass is 9.95. The van der Waals surface area contributed by atoms with Crippen LogP contribution in [0.4, 0.5) is 4.39 Å². The summed E-state index contributed by atoms with van der Waals surface area (Å²) in [5.74, 6) is -0.638. The first-order chi connectivity index (χ1) is 13.2. The van der Waals surface area contributed by atoms with E-state index >= 15 is 0 Å². The number of hydrogen-bond acceptors (Lipinski definition) is 3. The number of carbonyl (C=O) groups is 1. The summed E-state index contributed by atoms with van der Waals surface area (Å²) >= 11 is 5.74. The van der Waals surface area contributed by atoms with E-state index in [9.17, 15) is 17.6 Å². The SMILES string of the molecule is CC(C)N(C(=O)C1CCN(S(=O)(=O)c2ccc(F)c(Cl)c2)CC1)C1CCCC1. The van der Waals surface area contributed by atoms with E-state index in [4.69, 9.17) is 11.6 Å². The molecule has 1 heterocycles. The molecule has 0 unspecified atom stereocenters. The van der Waals surface area contributed by atoms with Crippen molar-refractivity contribution in [2.24, 2.45) is 5.92 Å². The molecule has 1 amide bonds. The van der Waals surface area contributed by atoms with Gasteiger partial charge in [0.1, 0.15) is 5.82 Å². The summed E-state index contributed by atoms with van der Waals surface area (Å²) in [4.78, 5) is 15.1. The van der Waals surface area contributed by atoms with Crippen molar-refractivity contribution < 1.29 is 17.6 Å². The lowest BCUT2D eigenvalue weighted by Crippen LogP contribution is -2.49. The van der Waals surface area contributed by atoms with E-state index in [1.54, 1.807) is 0 Å². The molecule has 1 aliphatic heterocycles. The van der Waals surface area contributed by atoms with Crippen LogP contribution in [-0.2, 0) is 14.8 Å². The standard InChI is InChI=1S/C20H28ClFN2O3S/c1-14(2)24(16-5-3-4-6-16)20(25)15-9-11-23(12-10-15)28(26,27)17-7-8-19(22)18(21)13-17/h7-8,13-16H,3-6,9-12H2,1-2H3. The smallest absolute Gasteiger partial charge is 0.243 e. The predicted octanol–water partition coefficient (Wildman–Crippen LogP) is 4.06. The third kappa shape index (κ3) is 4.36. The molecular formula is C20H28ClFN2O3S. The summed E-state index contributed by atoms with van der Waals surface area (Å²) in [6, 6.07) is 3.90. The molecule has 1 aromatic rings. The molecule has 156 valence electrons. The Morgan fingerprint density at radius 2 is 1.79 bits per heavy atom. The molecule has 2 aliphatic rings. The second-order valence-corrected chi connectivity index (χ2v) is 10.4. The maximum Gasteiger partial charge on any atom is 0.243 e. The Bertz CT molecular complexity index is 817. The molecule has 3 rings (SSSR count). The zero-order valence-electron chi connectivity index (χ0n) is 16.4. The highest BCUT2D eigenvalue weighted by Crippen LogP contribution is 2.31. The van der Waals surface area contributed by atoms with Gasteiger partial charge in [-0.15, -0.1) is 0 Å². The van der Waals surface area contributed by atoms with Crippen LogP contribution in [-0.4, -0.2) is 48.7 Å². The van der Waals surface area contributed by atoms with Gasteiger partial charge in [0.05, 0.1) is 9.92 Å². The largest absolute Gasteiger partial charge is 0.337 e. The number of benzene rings is 1. The highest BCUT2D eigenvalue weighted by molar-refractivity contribution is 7.89. The van der Waals surface area contributed by atoms with Crippen molar-refractivity contribution in [1.29, 1.82) is 0 Å². The average molecular weight is 431 g/mol. The lowest BCUT2D eigenvalue weighted by Gasteiger charge is -2.38. The van der Waals surface area contributed by atoms with Gasteiger partial charge in [0.15, 0.2) is 0 Å². The van der Waals surface area contributed by atoms with Crippen LogP contribution in [0.15, 0.2) is 23.1 Å². The number of carbonyl (C=O) groups excluding carboxylic acids is 1. The third-order valence-corrected chi connectivity index (χ3v) is 8.05. The van der Waals surface area contributed by atoms with Crippen molar-refractivity contribution in [2.75, 3.05) is 13.1 Å². The van der Waals surface area contributed by atoms with Crippen molar-refractivity contribution in [3.63, 3.8) is 0 Å². The number of nitrogens with zero attached hydrogens (tertiary/aromatic N) is 2. The molecule has 1 saturated carbocycles. The number of halogens is 2. The van der Waals surface area contributed by atoms with E-state index in [2.05, 4.69) is 0 Å². The summed E-state index contributed by atoms with van der Waals surface area (Å²) in [7, 11) is -3.75. The minimum atomic E-state index is -3.75. The zero-order valence-corrected chi connectivity index (χ0v) is 18.0. The first-order valence-electron chi connectivity index (χ1n) is 9.99. The Morgan fingerprint density at radius 3 is 2.32 bits per heavy atom. The molecule has 0 bridgehead atoms. The minimum Gasteiger partial charge on any atom is -0.337 e. The number of piperidine rings is 1. The molecule has 1 aliphatic carbocycles. The monoisotopic (exact) mass is 430 g/mol. The number of rotatable bonds is 5. The lowest BCUT2D eigenvalue weighted by molar-refractivity contribution is -0.141. The Labute approximate surface area is 171 Å². The third-order valence-electron chi connectivity index (χ3n) is 5.86. The van der Waals surface area contributed by atoms with Gasteiger partial charge in [-0.05, 0) is 57.7 Å². The van der Waals surface area contributed by atoms with Gasteiger partial charge in [-0.3, -0.25) is 4.79 Å². The summed E-state index contributed by atoms with van der Waals surface area (Å²) in [6.45, 7) is 4.66. The van der Waals surface area contributed by atoms with Crippen LogP contribution in [0.25, 0.3) is 0 Å². The van der Waals surface area contributed by atoms with Crippen LogP contribution in [0.3, 0.4) is 0 Å². The topological polar surface area (TPSA) is 57.7 Å². The summed E-state index contributed by atoms with van der Waals surface area (Å²) < 4.78 is 40.4. The van der Waals surface area contributed by atoms with Crippen molar-refractivity contribution in [1.82, 2.24) is 9.21 Å². The van der Waals surface area contributed by atoms with E-state index in [0.29, 0.717) is 18.9 Å². The molecule has 0 radical (unpaired) electrons. The fourth-order valence-electron chi connectivity index (χ4n) is 4.38. The molecule has 2 fully saturated rings. The second kappa shape index (κ2) is 8.67. The van der Waals surface area contributed by atoms with Crippen molar-refractivity contribution in [2.45, 2.75) is 69.4 Å². The minimum absolute atomic E-state index is 0.0153. The molecule has 0 atom stereocenters. The highest BCUT2D eigenvalue weighted by Gasteiger charge is 2.37. The van der Waals surface area contributed by atoms with Gasteiger partial charge in [-0.1, -0.05) is 24.4 Å². The van der Waals surface area contributed by atoms with Crippen molar-refractivity contribution >= 4 is 27.5 Å². The maximum absolute atomic E-state index is 13.4. The van der Waals surface area contributed by atoms with Gasteiger partial charge in [-0.25, -0.2) is 12.8 Å². The fourth-order valence-corrected chi connectivity index (χ4v) is 6.12. The van der Waals surface area contributed by atoms with Crippen LogP contribution in [0, 0.1) is 11.7 Å². The molecular weight excluding hydrogens is 403 g/mol. The fraction of sp³-hybridized carbons (Fsp3) is 0.650.